The number of pyridine rings is 3. The van der Waals surface area contributed by atoms with E-state index in [0.717, 1.165) is 0 Å². The molecule has 0 aliphatic heterocycles. The van der Waals surface area contributed by atoms with Crippen LogP contribution in [0.2, 0.25) is 0 Å². The summed E-state index contributed by atoms with van der Waals surface area (Å²) in [5.41, 5.74) is 7.93. The topological polar surface area (TPSA) is 122 Å². The van der Waals surface area contributed by atoms with E-state index in [1.165, 1.54) is 12.4 Å². The first-order valence-corrected chi connectivity index (χ1v) is 9.01. The maximum Gasteiger partial charge on any atom is 2.00 e. The zero-order valence-corrected chi connectivity index (χ0v) is 17.7. The number of carbonyl (C=O) groups is 2. The molecule has 3 rings (SSSR count). The number of rotatable bonds is 6. The summed E-state index contributed by atoms with van der Waals surface area (Å²) in [6.45, 7) is 3.46. The van der Waals surface area contributed by atoms with Gasteiger partial charge in [0.25, 0.3) is 11.8 Å². The van der Waals surface area contributed by atoms with E-state index in [-0.39, 0.29) is 28.3 Å². The van der Waals surface area contributed by atoms with Crippen molar-refractivity contribution in [1.29, 1.82) is 0 Å². The first kappa shape index (κ1) is 23.5. The van der Waals surface area contributed by atoms with Crippen LogP contribution in [0.3, 0.4) is 0 Å². The van der Waals surface area contributed by atoms with Gasteiger partial charge in [0.1, 0.15) is 0 Å². The second-order valence-electron chi connectivity index (χ2n) is 6.17. The van der Waals surface area contributed by atoms with Crippen LogP contribution >= 0.6 is 0 Å². The van der Waals surface area contributed by atoms with Crippen LogP contribution in [0.1, 0.15) is 46.0 Å². The Kier molecular flexibility index (Phi) is 8.66. The summed E-state index contributed by atoms with van der Waals surface area (Å²) in [6, 6.07) is 12.0. The third-order valence-corrected chi connectivity index (χ3v) is 3.99. The SMILES string of the molecule is CC(=NNC(=O)c1cccnc1)c1cccc(C(C)=NNC(=O)c2cccnc2)n1.[Ni+2]. The molecule has 9 nitrogen and oxygen atoms in total. The zero-order chi connectivity index (χ0) is 21.3. The van der Waals surface area contributed by atoms with E-state index in [2.05, 4.69) is 36.0 Å². The van der Waals surface area contributed by atoms with Crippen LogP contribution in [-0.2, 0) is 16.5 Å². The Morgan fingerprint density at radius 2 is 1.19 bits per heavy atom. The van der Waals surface area contributed by atoms with Gasteiger partial charge in [0.2, 0.25) is 0 Å². The van der Waals surface area contributed by atoms with E-state index in [1.807, 2.05) is 0 Å². The molecule has 0 saturated heterocycles. The minimum atomic E-state index is -0.366. The molecule has 3 aromatic rings. The molecule has 0 aliphatic carbocycles. The van der Waals surface area contributed by atoms with Gasteiger partial charge in [-0.3, -0.25) is 19.6 Å². The number of aromatic nitrogens is 3. The summed E-state index contributed by atoms with van der Waals surface area (Å²) in [5, 5.41) is 8.19. The van der Waals surface area contributed by atoms with E-state index >= 15 is 0 Å². The average molecular weight is 460 g/mol. The molecule has 10 heteroatoms. The molecule has 0 saturated carbocycles. The Labute approximate surface area is 189 Å². The average Bonchev–Trinajstić information content (AvgIpc) is 2.81. The molecule has 0 aliphatic rings. The summed E-state index contributed by atoms with van der Waals surface area (Å²) < 4.78 is 0. The van der Waals surface area contributed by atoms with Crippen molar-refractivity contribution >= 4 is 23.2 Å². The van der Waals surface area contributed by atoms with E-state index in [4.69, 9.17) is 0 Å². The summed E-state index contributed by atoms with van der Waals surface area (Å²) >= 11 is 0. The number of carbonyl (C=O) groups excluding carboxylic acids is 2. The quantitative estimate of drug-likeness (QED) is 0.332. The fraction of sp³-hybridized carbons (Fsp3) is 0.0952. The predicted octanol–water partition coefficient (Wildman–Crippen LogP) is 2.18. The number of nitrogens with one attached hydrogen (secondary N) is 2. The summed E-state index contributed by atoms with van der Waals surface area (Å²) in [7, 11) is 0. The smallest absolute Gasteiger partial charge is 0.267 e. The van der Waals surface area contributed by atoms with Gasteiger partial charge in [0.15, 0.2) is 0 Å². The molecule has 3 heterocycles. The Morgan fingerprint density at radius 3 is 1.58 bits per heavy atom. The Bertz CT molecular complexity index is 1020. The molecular formula is C21H19N7NiO2+2. The van der Waals surface area contributed by atoms with Crippen molar-refractivity contribution in [2.75, 3.05) is 0 Å². The summed E-state index contributed by atoms with van der Waals surface area (Å²) in [6.07, 6.45) is 6.09. The molecule has 2 amide bonds. The van der Waals surface area contributed by atoms with Gasteiger partial charge in [-0.1, -0.05) is 6.07 Å². The maximum absolute atomic E-state index is 12.1. The number of nitrogens with zero attached hydrogens (tertiary/aromatic N) is 5. The van der Waals surface area contributed by atoms with Gasteiger partial charge < -0.3 is 0 Å². The number of hydrogen-bond acceptors (Lipinski definition) is 7. The van der Waals surface area contributed by atoms with Crippen molar-refractivity contribution in [2.24, 2.45) is 10.2 Å². The fourth-order valence-corrected chi connectivity index (χ4v) is 2.34. The zero-order valence-electron chi connectivity index (χ0n) is 16.7. The second kappa shape index (κ2) is 11.4. The normalized spacial score (nSPS) is 11.3. The van der Waals surface area contributed by atoms with Crippen LogP contribution < -0.4 is 10.9 Å². The van der Waals surface area contributed by atoms with Crippen LogP contribution in [-0.4, -0.2) is 38.2 Å². The molecule has 2 N–H and O–H groups in total. The van der Waals surface area contributed by atoms with Crippen LogP contribution in [0.5, 0.6) is 0 Å². The molecule has 0 spiro atoms. The molecule has 0 aromatic carbocycles. The van der Waals surface area contributed by atoms with Gasteiger partial charge in [0.05, 0.1) is 33.9 Å². The van der Waals surface area contributed by atoms with Crippen molar-refractivity contribution in [1.82, 2.24) is 25.8 Å². The van der Waals surface area contributed by atoms with Gasteiger partial charge in [-0.15, -0.1) is 0 Å². The summed E-state index contributed by atoms with van der Waals surface area (Å²) in [5.74, 6) is -0.732. The summed E-state index contributed by atoms with van der Waals surface area (Å²) in [4.78, 5) is 36.4. The first-order chi connectivity index (χ1) is 14.5. The van der Waals surface area contributed by atoms with Crippen molar-refractivity contribution in [2.45, 2.75) is 13.8 Å². The van der Waals surface area contributed by atoms with Gasteiger partial charge in [-0.05, 0) is 50.2 Å². The van der Waals surface area contributed by atoms with E-state index in [9.17, 15) is 9.59 Å². The van der Waals surface area contributed by atoms with Crippen molar-refractivity contribution in [3.8, 4) is 0 Å². The number of amides is 2. The number of hydrogen-bond donors (Lipinski definition) is 2. The Balaban J connectivity index is 0.00000341. The van der Waals surface area contributed by atoms with E-state index in [1.54, 1.807) is 68.7 Å². The van der Waals surface area contributed by atoms with Gasteiger partial charge in [-0.2, -0.15) is 10.2 Å². The molecule has 0 radical (unpaired) electrons. The van der Waals surface area contributed by atoms with Gasteiger partial charge in [0, 0.05) is 24.8 Å². The second-order valence-corrected chi connectivity index (χ2v) is 6.17. The third kappa shape index (κ3) is 6.62. The third-order valence-electron chi connectivity index (χ3n) is 3.99. The maximum atomic E-state index is 12.1. The molecule has 0 bridgehead atoms. The van der Waals surface area contributed by atoms with Crippen LogP contribution in [0.25, 0.3) is 0 Å². The minimum absolute atomic E-state index is 0. The van der Waals surface area contributed by atoms with Crippen LogP contribution in [0, 0.1) is 0 Å². The molecule has 0 atom stereocenters. The van der Waals surface area contributed by atoms with Gasteiger partial charge >= 0.3 is 16.5 Å². The van der Waals surface area contributed by atoms with Crippen LogP contribution in [0.4, 0.5) is 0 Å². The Morgan fingerprint density at radius 1 is 0.742 bits per heavy atom. The Hall–Kier alpha value is -3.78. The monoisotopic (exact) mass is 459 g/mol. The molecule has 0 unspecified atom stereocenters. The molecule has 0 fully saturated rings. The first-order valence-electron chi connectivity index (χ1n) is 9.01. The minimum Gasteiger partial charge on any atom is -0.267 e. The van der Waals surface area contributed by atoms with E-state index < -0.39 is 0 Å². The molecule has 158 valence electrons. The van der Waals surface area contributed by atoms with Crippen molar-refractivity contribution in [3.63, 3.8) is 0 Å². The number of hydrazone groups is 2. The van der Waals surface area contributed by atoms with Crippen molar-refractivity contribution in [3.05, 3.63) is 89.8 Å². The molecule has 31 heavy (non-hydrogen) atoms. The standard InChI is InChI=1S/C21H19N7O2.Ni/c1-14(25-27-20(29)16-6-4-10-22-12-16)18-8-3-9-19(24-18)15(2)26-28-21(30)17-7-5-11-23-13-17;/h3-13H,1-2H3,(H,27,29)(H,28,30);/q;+2. The molecule has 3 aromatic heterocycles. The fourth-order valence-electron chi connectivity index (χ4n) is 2.34. The van der Waals surface area contributed by atoms with Gasteiger partial charge in [-0.25, -0.2) is 15.8 Å². The van der Waals surface area contributed by atoms with E-state index in [0.29, 0.717) is 33.9 Å². The molecular weight excluding hydrogens is 441 g/mol. The predicted molar refractivity (Wildman–Crippen MR) is 112 cm³/mol. The van der Waals surface area contributed by atoms with Crippen molar-refractivity contribution < 1.29 is 26.1 Å². The largest absolute Gasteiger partial charge is 2.00 e. The van der Waals surface area contributed by atoms with Crippen LogP contribution in [0.15, 0.2) is 77.5 Å².